The minimum absolute atomic E-state index is 0.00385. The molecule has 3 atom stereocenters. The van der Waals surface area contributed by atoms with Gasteiger partial charge in [-0.25, -0.2) is 0 Å². The van der Waals surface area contributed by atoms with E-state index < -0.39 is 23.8 Å². The first-order chi connectivity index (χ1) is 23.3. The summed E-state index contributed by atoms with van der Waals surface area (Å²) >= 11 is 0. The number of amides is 1. The number of benzene rings is 3. The lowest BCUT2D eigenvalue weighted by molar-refractivity contribution is -0.143. The van der Waals surface area contributed by atoms with Crippen LogP contribution in [0.2, 0.25) is 0 Å². The van der Waals surface area contributed by atoms with Crippen LogP contribution in [0.15, 0.2) is 48.5 Å². The first-order valence-corrected chi connectivity index (χ1v) is 16.4. The lowest BCUT2D eigenvalue weighted by Gasteiger charge is -2.27. The molecule has 3 aromatic carbocycles. The molecule has 1 saturated heterocycles. The Kier molecular flexibility index (Phi) is 11.8. The van der Waals surface area contributed by atoms with Crippen LogP contribution in [0, 0.1) is 12.8 Å². The number of rotatable bonds is 16. The molecule has 2 heterocycles. The van der Waals surface area contributed by atoms with Gasteiger partial charge in [0.05, 0.1) is 39.4 Å². The Morgan fingerprint density at radius 2 is 1.65 bits per heavy atom. The Hall–Kier alpha value is -4.32. The summed E-state index contributed by atoms with van der Waals surface area (Å²) < 4.78 is 33.2. The van der Waals surface area contributed by atoms with Gasteiger partial charge in [0.25, 0.3) is 0 Å². The number of aryl methyl sites for hydroxylation is 3. The van der Waals surface area contributed by atoms with Crippen molar-refractivity contribution in [3.05, 3.63) is 76.3 Å². The molecule has 11 heteroatoms. The van der Waals surface area contributed by atoms with E-state index in [4.69, 9.17) is 28.4 Å². The first-order valence-electron chi connectivity index (χ1n) is 16.4. The minimum atomic E-state index is -0.960. The van der Waals surface area contributed by atoms with Gasteiger partial charge in [0.15, 0.2) is 11.5 Å². The van der Waals surface area contributed by atoms with Crippen LogP contribution in [-0.4, -0.2) is 82.4 Å². The van der Waals surface area contributed by atoms with Crippen molar-refractivity contribution in [2.75, 3.05) is 65.8 Å². The molecule has 1 fully saturated rings. The summed E-state index contributed by atoms with van der Waals surface area (Å²) in [7, 11) is 3.16. The molecule has 0 aliphatic carbocycles. The summed E-state index contributed by atoms with van der Waals surface area (Å²) in [5, 5.41) is 13.9. The molecule has 2 aliphatic rings. The molecule has 2 N–H and O–H groups in total. The van der Waals surface area contributed by atoms with Gasteiger partial charge in [0.2, 0.25) is 18.4 Å². The van der Waals surface area contributed by atoms with Gasteiger partial charge in [-0.3, -0.25) is 14.5 Å². The largest absolute Gasteiger partial charge is 0.493 e. The Morgan fingerprint density at radius 3 is 2.29 bits per heavy atom. The van der Waals surface area contributed by atoms with E-state index in [0.717, 1.165) is 46.3 Å². The lowest BCUT2D eigenvalue weighted by atomic mass is 9.82. The number of carboxylic acid groups (broad SMARTS) is 1. The van der Waals surface area contributed by atoms with Gasteiger partial charge in [0.1, 0.15) is 12.4 Å². The number of methoxy groups -OCH3 is 2. The number of hydrogen-bond acceptors (Lipinski definition) is 9. The third kappa shape index (κ3) is 7.86. The van der Waals surface area contributed by atoms with Crippen molar-refractivity contribution in [3.63, 3.8) is 0 Å². The number of hydrogen-bond donors (Lipinski definition) is 2. The molecule has 0 unspecified atom stereocenters. The van der Waals surface area contributed by atoms with E-state index >= 15 is 0 Å². The van der Waals surface area contributed by atoms with Crippen molar-refractivity contribution in [2.45, 2.75) is 45.6 Å². The van der Waals surface area contributed by atoms with Crippen molar-refractivity contribution in [1.29, 1.82) is 0 Å². The maximum absolute atomic E-state index is 13.8. The zero-order chi connectivity index (χ0) is 34.2. The van der Waals surface area contributed by atoms with Gasteiger partial charge < -0.3 is 38.8 Å². The van der Waals surface area contributed by atoms with E-state index in [0.29, 0.717) is 56.0 Å². The molecule has 258 valence electrons. The molecular weight excluding hydrogens is 616 g/mol. The minimum Gasteiger partial charge on any atom is -0.493 e. The number of nitrogens with zero attached hydrogens (tertiary/aromatic N) is 1. The molecular formula is C37H46N2O9. The standard InChI is InChI=1S/C37H46N2O9/c1-6-24-16-23(3)17-25(7-2)34(24)38-32(40)21-39-20-29(27-18-30(44-5)36-31(19-27)47-22-48-36)33(37(41)42)35(39)26-8-10-28(11-9-26)46-15-14-45-13-12-43-4/h8-11,16-19,29,33,35H,6-7,12-15,20-22H2,1-5H3,(H,38,40)(H,41,42)/t29-,33-,35+/m1/s1. The first kappa shape index (κ1) is 35.0. The van der Waals surface area contributed by atoms with Crippen LogP contribution < -0.4 is 24.3 Å². The van der Waals surface area contributed by atoms with Crippen LogP contribution >= 0.6 is 0 Å². The number of carbonyl (C=O) groups excluding carboxylic acids is 1. The fourth-order valence-electron chi connectivity index (χ4n) is 6.74. The third-order valence-electron chi connectivity index (χ3n) is 8.96. The van der Waals surface area contributed by atoms with Crippen molar-refractivity contribution in [3.8, 4) is 23.0 Å². The van der Waals surface area contributed by atoms with Gasteiger partial charge >= 0.3 is 5.97 Å². The predicted octanol–water partition coefficient (Wildman–Crippen LogP) is 5.38. The third-order valence-corrected chi connectivity index (χ3v) is 8.96. The van der Waals surface area contributed by atoms with Gasteiger partial charge in [-0.1, -0.05) is 43.7 Å². The smallest absolute Gasteiger partial charge is 0.309 e. The summed E-state index contributed by atoms with van der Waals surface area (Å²) in [5.41, 5.74) is 5.65. The normalized spacial score (nSPS) is 18.6. The summed E-state index contributed by atoms with van der Waals surface area (Å²) in [6, 6.07) is 14.6. The fourth-order valence-corrected chi connectivity index (χ4v) is 6.74. The molecule has 0 radical (unpaired) electrons. The van der Waals surface area contributed by atoms with Crippen LogP contribution in [0.25, 0.3) is 0 Å². The maximum Gasteiger partial charge on any atom is 0.309 e. The predicted molar refractivity (Wildman–Crippen MR) is 180 cm³/mol. The molecule has 5 rings (SSSR count). The fraction of sp³-hybridized carbons (Fsp3) is 0.459. The molecule has 48 heavy (non-hydrogen) atoms. The SMILES string of the molecule is CCc1cc(C)cc(CC)c1NC(=O)CN1C[C@H](c2cc(OC)c3c(c2)OCO3)[C@@H](C(=O)O)[C@@H]1c1ccc(OCCOCCOC)cc1. The quantitative estimate of drug-likeness (QED) is 0.193. The number of carbonyl (C=O) groups is 2. The number of fused-ring (bicyclic) bond motifs is 1. The second-order valence-corrected chi connectivity index (χ2v) is 12.0. The number of aliphatic carboxylic acids is 1. The topological polar surface area (TPSA) is 125 Å². The highest BCUT2D eigenvalue weighted by Gasteiger charge is 2.48. The molecule has 3 aromatic rings. The second-order valence-electron chi connectivity index (χ2n) is 12.0. The highest BCUT2D eigenvalue weighted by Crippen LogP contribution is 2.50. The Morgan fingerprint density at radius 1 is 0.938 bits per heavy atom. The number of nitrogens with one attached hydrogen (secondary N) is 1. The lowest BCUT2D eigenvalue weighted by Crippen LogP contribution is -2.35. The summed E-state index contributed by atoms with van der Waals surface area (Å²) in [6.07, 6.45) is 1.55. The monoisotopic (exact) mass is 662 g/mol. The number of anilines is 1. The van der Waals surface area contributed by atoms with Gasteiger partial charge in [-0.15, -0.1) is 0 Å². The van der Waals surface area contributed by atoms with E-state index in [9.17, 15) is 14.7 Å². The molecule has 0 bridgehead atoms. The Labute approximate surface area is 282 Å². The molecule has 0 saturated carbocycles. The van der Waals surface area contributed by atoms with Crippen LogP contribution in [0.3, 0.4) is 0 Å². The molecule has 0 spiro atoms. The van der Waals surface area contributed by atoms with E-state index in [1.807, 2.05) is 41.3 Å². The van der Waals surface area contributed by atoms with Crippen LogP contribution in [0.4, 0.5) is 5.69 Å². The summed E-state index contributed by atoms with van der Waals surface area (Å²) in [6.45, 7) is 8.37. The average molecular weight is 663 g/mol. The Balaban J connectivity index is 1.44. The van der Waals surface area contributed by atoms with Crippen molar-refractivity contribution < 1.29 is 43.1 Å². The van der Waals surface area contributed by atoms with Crippen molar-refractivity contribution in [2.24, 2.45) is 5.92 Å². The van der Waals surface area contributed by atoms with E-state index in [-0.39, 0.29) is 19.2 Å². The number of carboxylic acids is 1. The van der Waals surface area contributed by atoms with Crippen molar-refractivity contribution in [1.82, 2.24) is 4.90 Å². The molecule has 1 amide bonds. The second kappa shape index (κ2) is 16.2. The van der Waals surface area contributed by atoms with Crippen LogP contribution in [-0.2, 0) is 31.9 Å². The highest BCUT2D eigenvalue weighted by molar-refractivity contribution is 5.94. The maximum atomic E-state index is 13.8. The van der Waals surface area contributed by atoms with Crippen LogP contribution in [0.1, 0.15) is 53.6 Å². The van der Waals surface area contributed by atoms with Crippen molar-refractivity contribution >= 4 is 17.6 Å². The average Bonchev–Trinajstić information content (AvgIpc) is 3.72. The molecule has 0 aromatic heterocycles. The Bertz CT molecular complexity index is 1550. The van der Waals surface area contributed by atoms with E-state index in [1.165, 1.54) is 0 Å². The van der Waals surface area contributed by atoms with Crippen LogP contribution in [0.5, 0.6) is 23.0 Å². The highest BCUT2D eigenvalue weighted by atomic mass is 16.7. The van der Waals surface area contributed by atoms with E-state index in [2.05, 4.69) is 38.2 Å². The summed E-state index contributed by atoms with van der Waals surface area (Å²) in [5.74, 6) is -0.390. The van der Waals surface area contributed by atoms with Gasteiger partial charge in [0, 0.05) is 31.3 Å². The zero-order valence-corrected chi connectivity index (χ0v) is 28.4. The van der Waals surface area contributed by atoms with Gasteiger partial charge in [-0.2, -0.15) is 0 Å². The molecule has 11 nitrogen and oxygen atoms in total. The number of ether oxygens (including phenoxy) is 6. The molecule has 2 aliphatic heterocycles. The number of likely N-dealkylation sites (tertiary alicyclic amines) is 1. The zero-order valence-electron chi connectivity index (χ0n) is 28.4. The van der Waals surface area contributed by atoms with E-state index in [1.54, 1.807) is 14.2 Å². The summed E-state index contributed by atoms with van der Waals surface area (Å²) in [4.78, 5) is 28.9. The van der Waals surface area contributed by atoms with Gasteiger partial charge in [-0.05, 0) is 66.3 Å².